The highest BCUT2D eigenvalue weighted by atomic mass is 127. The summed E-state index contributed by atoms with van der Waals surface area (Å²) in [7, 11) is 0. The van der Waals surface area contributed by atoms with Crippen LogP contribution in [0.3, 0.4) is 0 Å². The van der Waals surface area contributed by atoms with Gasteiger partial charge < -0.3 is 4.74 Å². The van der Waals surface area contributed by atoms with Gasteiger partial charge in [-0.15, -0.1) is 13.2 Å². The van der Waals surface area contributed by atoms with E-state index in [0.29, 0.717) is 6.29 Å². The Morgan fingerprint density at radius 2 is 2.00 bits per heavy atom. The van der Waals surface area contributed by atoms with E-state index in [2.05, 4.69) is 4.74 Å². The first-order chi connectivity index (χ1) is 6.44. The van der Waals surface area contributed by atoms with Gasteiger partial charge in [0, 0.05) is 5.56 Å². The molecule has 0 atom stereocenters. The average Bonchev–Trinajstić information content (AvgIpc) is 2.06. The van der Waals surface area contributed by atoms with Crippen molar-refractivity contribution in [2.75, 3.05) is 0 Å². The van der Waals surface area contributed by atoms with Crippen LogP contribution in [-0.4, -0.2) is 12.6 Å². The number of rotatable bonds is 2. The molecule has 0 spiro atoms. The fourth-order valence-corrected chi connectivity index (χ4v) is 1.42. The molecule has 0 aliphatic heterocycles. The maximum absolute atomic E-state index is 11.8. The van der Waals surface area contributed by atoms with E-state index < -0.39 is 6.36 Å². The molecule has 1 rings (SSSR count). The van der Waals surface area contributed by atoms with E-state index in [-0.39, 0.29) is 14.9 Å². The van der Waals surface area contributed by atoms with Crippen LogP contribution in [0.5, 0.6) is 5.75 Å². The van der Waals surface area contributed by atoms with Crippen molar-refractivity contribution in [3.05, 3.63) is 27.3 Å². The lowest BCUT2D eigenvalue weighted by Gasteiger charge is -2.10. The molecule has 0 aliphatic carbocycles. The molecular formula is C8H4F3IO2. The van der Waals surface area contributed by atoms with E-state index >= 15 is 0 Å². The number of benzene rings is 1. The van der Waals surface area contributed by atoms with Crippen LogP contribution in [0.2, 0.25) is 0 Å². The van der Waals surface area contributed by atoms with Gasteiger partial charge in [-0.1, -0.05) is 12.1 Å². The number of carbonyl (C=O) groups is 1. The van der Waals surface area contributed by atoms with Gasteiger partial charge in [-0.2, -0.15) is 0 Å². The van der Waals surface area contributed by atoms with Gasteiger partial charge in [0.15, 0.2) is 6.29 Å². The predicted molar refractivity (Wildman–Crippen MR) is 51.2 cm³/mol. The van der Waals surface area contributed by atoms with Gasteiger partial charge >= 0.3 is 6.36 Å². The predicted octanol–water partition coefficient (Wildman–Crippen LogP) is 3.00. The van der Waals surface area contributed by atoms with E-state index in [4.69, 9.17) is 0 Å². The Hall–Kier alpha value is -0.790. The van der Waals surface area contributed by atoms with Crippen molar-refractivity contribution < 1.29 is 22.7 Å². The van der Waals surface area contributed by atoms with Gasteiger partial charge in [0.05, 0.1) is 3.57 Å². The molecule has 0 radical (unpaired) electrons. The highest BCUT2D eigenvalue weighted by Gasteiger charge is 2.32. The standard InChI is InChI=1S/C8H4F3IO2/c9-8(10,11)14-6-3-1-2-5(4-13)7(6)12/h1-4H. The van der Waals surface area contributed by atoms with Crippen molar-refractivity contribution >= 4 is 28.9 Å². The minimum atomic E-state index is -4.73. The van der Waals surface area contributed by atoms with Gasteiger partial charge in [-0.25, -0.2) is 0 Å². The SMILES string of the molecule is O=Cc1cccc(OC(F)(F)F)c1I. The molecule has 2 nitrogen and oxygen atoms in total. The summed E-state index contributed by atoms with van der Waals surface area (Å²) in [5.41, 5.74) is 0.173. The number of alkyl halides is 3. The third kappa shape index (κ3) is 2.86. The van der Waals surface area contributed by atoms with Crippen molar-refractivity contribution in [3.63, 3.8) is 0 Å². The number of carbonyl (C=O) groups excluding carboxylic acids is 1. The van der Waals surface area contributed by atoms with Crippen molar-refractivity contribution in [2.24, 2.45) is 0 Å². The van der Waals surface area contributed by atoms with E-state index in [1.54, 1.807) is 22.6 Å². The van der Waals surface area contributed by atoms with Gasteiger partial charge in [-0.3, -0.25) is 4.79 Å². The van der Waals surface area contributed by atoms with E-state index in [1.165, 1.54) is 12.1 Å². The highest BCUT2D eigenvalue weighted by Crippen LogP contribution is 2.28. The fourth-order valence-electron chi connectivity index (χ4n) is 0.822. The Labute approximate surface area is 91.2 Å². The maximum Gasteiger partial charge on any atom is 0.573 e. The van der Waals surface area contributed by atoms with Gasteiger partial charge in [0.25, 0.3) is 0 Å². The maximum atomic E-state index is 11.8. The lowest BCUT2D eigenvalue weighted by atomic mass is 10.2. The van der Waals surface area contributed by atoms with Crippen LogP contribution in [0.4, 0.5) is 13.2 Å². The van der Waals surface area contributed by atoms with Crippen molar-refractivity contribution in [1.29, 1.82) is 0 Å². The molecule has 0 heterocycles. The smallest absolute Gasteiger partial charge is 0.405 e. The Balaban J connectivity index is 3.04. The molecule has 14 heavy (non-hydrogen) atoms. The molecule has 0 fully saturated rings. The zero-order chi connectivity index (χ0) is 10.8. The minimum Gasteiger partial charge on any atom is -0.405 e. The first-order valence-electron chi connectivity index (χ1n) is 3.43. The van der Waals surface area contributed by atoms with Gasteiger partial charge in [-0.05, 0) is 28.7 Å². The summed E-state index contributed by atoms with van der Waals surface area (Å²) in [5.74, 6) is -0.359. The van der Waals surface area contributed by atoms with Gasteiger partial charge in [0.2, 0.25) is 0 Å². The number of ether oxygens (including phenoxy) is 1. The Morgan fingerprint density at radius 3 is 2.50 bits per heavy atom. The summed E-state index contributed by atoms with van der Waals surface area (Å²) in [6.07, 6.45) is -4.26. The molecule has 1 aromatic carbocycles. The van der Waals surface area contributed by atoms with Crippen LogP contribution < -0.4 is 4.74 Å². The van der Waals surface area contributed by atoms with Crippen LogP contribution in [0.15, 0.2) is 18.2 Å². The van der Waals surface area contributed by atoms with E-state index in [9.17, 15) is 18.0 Å². The van der Waals surface area contributed by atoms with Crippen molar-refractivity contribution in [2.45, 2.75) is 6.36 Å². The molecule has 0 N–H and O–H groups in total. The molecule has 6 heteroatoms. The molecule has 0 saturated carbocycles. The molecule has 0 bridgehead atoms. The zero-order valence-corrected chi connectivity index (χ0v) is 8.80. The second-order valence-electron chi connectivity index (χ2n) is 2.33. The van der Waals surface area contributed by atoms with Gasteiger partial charge in [0.1, 0.15) is 5.75 Å². The second kappa shape index (κ2) is 4.16. The molecule has 0 unspecified atom stereocenters. The molecule has 76 valence electrons. The molecule has 1 aromatic rings. The number of halogens is 4. The minimum absolute atomic E-state index is 0.150. The summed E-state index contributed by atoms with van der Waals surface area (Å²) in [4.78, 5) is 10.4. The zero-order valence-electron chi connectivity index (χ0n) is 6.64. The lowest BCUT2D eigenvalue weighted by molar-refractivity contribution is -0.274. The van der Waals surface area contributed by atoms with Crippen molar-refractivity contribution in [3.8, 4) is 5.75 Å². The molecule has 0 aromatic heterocycles. The quantitative estimate of drug-likeness (QED) is 0.619. The Morgan fingerprint density at radius 1 is 1.36 bits per heavy atom. The third-order valence-corrected chi connectivity index (χ3v) is 2.50. The van der Waals surface area contributed by atoms with E-state index in [1.807, 2.05) is 0 Å². The second-order valence-corrected chi connectivity index (χ2v) is 3.40. The molecule has 0 amide bonds. The number of hydrogen-bond donors (Lipinski definition) is 0. The first kappa shape index (κ1) is 11.3. The van der Waals surface area contributed by atoms with Crippen LogP contribution in [0.1, 0.15) is 10.4 Å². The number of hydrogen-bond acceptors (Lipinski definition) is 2. The fraction of sp³-hybridized carbons (Fsp3) is 0.125. The molecular weight excluding hydrogens is 312 g/mol. The summed E-state index contributed by atoms with van der Waals surface area (Å²) in [6.45, 7) is 0. The Kier molecular flexibility index (Phi) is 3.35. The van der Waals surface area contributed by atoms with Crippen LogP contribution in [0, 0.1) is 3.57 Å². The van der Waals surface area contributed by atoms with E-state index in [0.717, 1.165) is 6.07 Å². The molecule has 0 aliphatic rings. The van der Waals surface area contributed by atoms with Crippen LogP contribution in [0.25, 0.3) is 0 Å². The highest BCUT2D eigenvalue weighted by molar-refractivity contribution is 14.1. The summed E-state index contributed by atoms with van der Waals surface area (Å²) < 4.78 is 39.4. The van der Waals surface area contributed by atoms with Crippen LogP contribution >= 0.6 is 22.6 Å². The topological polar surface area (TPSA) is 26.3 Å². The monoisotopic (exact) mass is 316 g/mol. The number of aldehydes is 1. The molecule has 0 saturated heterocycles. The normalized spacial score (nSPS) is 11.1. The summed E-state index contributed by atoms with van der Waals surface area (Å²) in [5, 5.41) is 0. The van der Waals surface area contributed by atoms with Crippen molar-refractivity contribution in [1.82, 2.24) is 0 Å². The van der Waals surface area contributed by atoms with Crippen LogP contribution in [-0.2, 0) is 0 Å². The lowest BCUT2D eigenvalue weighted by Crippen LogP contribution is -2.18. The summed E-state index contributed by atoms with van der Waals surface area (Å²) in [6, 6.07) is 3.90. The summed E-state index contributed by atoms with van der Waals surface area (Å²) >= 11 is 1.62. The third-order valence-electron chi connectivity index (χ3n) is 1.35. The largest absolute Gasteiger partial charge is 0.573 e. The Bertz CT molecular complexity index is 349. The first-order valence-corrected chi connectivity index (χ1v) is 4.51. The average molecular weight is 316 g/mol.